The van der Waals surface area contributed by atoms with Crippen molar-refractivity contribution < 1.29 is 14.0 Å². The molecule has 2 saturated heterocycles. The Morgan fingerprint density at radius 2 is 1.71 bits per heavy atom. The number of hydrogen-bond donors (Lipinski definition) is 1. The Hall–Kier alpha value is -2.40. The van der Waals surface area contributed by atoms with Crippen LogP contribution in [-0.4, -0.2) is 84.0 Å². The van der Waals surface area contributed by atoms with Gasteiger partial charge in [0.25, 0.3) is 5.91 Å². The van der Waals surface area contributed by atoms with Crippen molar-refractivity contribution >= 4 is 56.4 Å². The molecule has 0 aliphatic carbocycles. The lowest BCUT2D eigenvalue weighted by atomic mass is 10.1. The van der Waals surface area contributed by atoms with Crippen LogP contribution in [0.3, 0.4) is 0 Å². The first-order valence-corrected chi connectivity index (χ1v) is 12.9. The van der Waals surface area contributed by atoms with Gasteiger partial charge < -0.3 is 20.0 Å². The number of carbonyl (C=O) groups excluding carboxylic acids is 2. The van der Waals surface area contributed by atoms with Crippen molar-refractivity contribution in [2.45, 2.75) is 18.9 Å². The zero-order chi connectivity index (χ0) is 24.9. The summed E-state index contributed by atoms with van der Waals surface area (Å²) in [6, 6.07) is 12.2. The van der Waals surface area contributed by atoms with Crippen LogP contribution in [0.1, 0.15) is 12.8 Å². The van der Waals surface area contributed by atoms with Gasteiger partial charge in [0.1, 0.15) is 11.9 Å². The molecule has 0 spiro atoms. The first kappa shape index (κ1) is 25.7. The second-order valence-electron chi connectivity index (χ2n) is 8.90. The van der Waals surface area contributed by atoms with Crippen LogP contribution < -0.4 is 10.2 Å². The molecule has 1 N–H and O–H groups in total. The lowest BCUT2D eigenvalue weighted by molar-refractivity contribution is -0.124. The molecule has 0 aromatic heterocycles. The van der Waals surface area contributed by atoms with Gasteiger partial charge in [-0.3, -0.25) is 14.5 Å². The SMILES string of the molecule is CN1CCN(CCCN2C(=S)N(c3ccc(F)cc3)C(=O)C2CC(=O)Nc2ccc(Br)cc2)CC1. The Bertz CT molecular complexity index is 1060. The fraction of sp³-hybridized carbons (Fsp3) is 0.400. The van der Waals surface area contributed by atoms with Crippen LogP contribution in [0.15, 0.2) is 53.0 Å². The molecule has 1 unspecified atom stereocenters. The van der Waals surface area contributed by atoms with Gasteiger partial charge in [-0.25, -0.2) is 4.39 Å². The van der Waals surface area contributed by atoms with Crippen LogP contribution in [0.4, 0.5) is 15.8 Å². The smallest absolute Gasteiger partial charge is 0.256 e. The third-order valence-electron chi connectivity index (χ3n) is 6.38. The van der Waals surface area contributed by atoms with Crippen molar-refractivity contribution in [2.75, 3.05) is 56.5 Å². The molecule has 2 heterocycles. The molecule has 7 nitrogen and oxygen atoms in total. The fourth-order valence-corrected chi connectivity index (χ4v) is 5.05. The molecule has 0 radical (unpaired) electrons. The molecule has 2 fully saturated rings. The molecule has 10 heteroatoms. The van der Waals surface area contributed by atoms with Gasteiger partial charge in [0, 0.05) is 42.9 Å². The van der Waals surface area contributed by atoms with Gasteiger partial charge in [-0.1, -0.05) is 15.9 Å². The van der Waals surface area contributed by atoms with Gasteiger partial charge in [0.2, 0.25) is 5.91 Å². The number of likely N-dealkylation sites (N-methyl/N-ethyl adjacent to an activating group) is 1. The maximum Gasteiger partial charge on any atom is 0.256 e. The standard InChI is InChI=1S/C25H29BrFN5O2S/c1-29-13-15-30(16-14-29)11-2-12-31-22(17-23(33)28-20-7-3-18(26)4-8-20)24(34)32(25(31)35)21-9-5-19(27)6-10-21/h3-10,22H,2,11-17H2,1H3,(H,28,33). The predicted molar refractivity (Wildman–Crippen MR) is 143 cm³/mol. The van der Waals surface area contributed by atoms with Gasteiger partial charge in [-0.05, 0) is 80.8 Å². The average Bonchev–Trinajstić information content (AvgIpc) is 3.06. The minimum atomic E-state index is -0.713. The summed E-state index contributed by atoms with van der Waals surface area (Å²) in [7, 11) is 2.12. The first-order valence-electron chi connectivity index (χ1n) is 11.7. The fourth-order valence-electron chi connectivity index (χ4n) is 4.37. The maximum absolute atomic E-state index is 13.5. The molecule has 2 aromatic carbocycles. The molecule has 35 heavy (non-hydrogen) atoms. The largest absolute Gasteiger partial charge is 0.336 e. The van der Waals surface area contributed by atoms with E-state index >= 15 is 0 Å². The van der Waals surface area contributed by atoms with Crippen molar-refractivity contribution in [3.05, 3.63) is 58.8 Å². The van der Waals surface area contributed by atoms with Gasteiger partial charge in [-0.15, -0.1) is 0 Å². The Kier molecular flexibility index (Phi) is 8.48. The molecule has 4 rings (SSSR count). The molecule has 186 valence electrons. The Morgan fingerprint density at radius 1 is 1.06 bits per heavy atom. The minimum absolute atomic E-state index is 0.0265. The normalized spacial score (nSPS) is 19.5. The summed E-state index contributed by atoms with van der Waals surface area (Å²) in [6.07, 6.45) is 0.792. The number of nitrogens with one attached hydrogen (secondary N) is 1. The molecule has 2 aliphatic heterocycles. The summed E-state index contributed by atoms with van der Waals surface area (Å²) < 4.78 is 14.4. The van der Waals surface area contributed by atoms with Crippen LogP contribution in [0.2, 0.25) is 0 Å². The number of benzene rings is 2. The number of hydrogen-bond acceptors (Lipinski definition) is 5. The first-order chi connectivity index (χ1) is 16.8. The molecule has 0 bridgehead atoms. The zero-order valence-corrected chi connectivity index (χ0v) is 22.0. The topological polar surface area (TPSA) is 59.1 Å². The molecule has 0 saturated carbocycles. The van der Waals surface area contributed by atoms with Gasteiger partial charge in [0.05, 0.1) is 12.1 Å². The quantitative estimate of drug-likeness (QED) is 0.497. The second kappa shape index (κ2) is 11.6. The van der Waals surface area contributed by atoms with Crippen LogP contribution >= 0.6 is 28.1 Å². The summed E-state index contributed by atoms with van der Waals surface area (Å²) in [4.78, 5) is 34.3. The lowest BCUT2D eigenvalue weighted by Crippen LogP contribution is -2.45. The number of carbonyl (C=O) groups is 2. The van der Waals surface area contributed by atoms with E-state index in [1.807, 2.05) is 17.0 Å². The van der Waals surface area contributed by atoms with E-state index in [0.29, 0.717) is 23.0 Å². The van der Waals surface area contributed by atoms with E-state index in [9.17, 15) is 14.0 Å². The second-order valence-corrected chi connectivity index (χ2v) is 10.2. The molecule has 2 amide bonds. The number of halogens is 2. The summed E-state index contributed by atoms with van der Waals surface area (Å²) in [5, 5.41) is 3.21. The summed E-state index contributed by atoms with van der Waals surface area (Å²) in [6.45, 7) is 5.57. The van der Waals surface area contributed by atoms with E-state index in [4.69, 9.17) is 12.2 Å². The lowest BCUT2D eigenvalue weighted by Gasteiger charge is -2.33. The van der Waals surface area contributed by atoms with Gasteiger partial charge in [-0.2, -0.15) is 0 Å². The van der Waals surface area contributed by atoms with Crippen LogP contribution in [0.5, 0.6) is 0 Å². The Balaban J connectivity index is 1.46. The number of nitrogens with zero attached hydrogens (tertiary/aromatic N) is 4. The molecule has 1 atom stereocenters. The molecular formula is C25H29BrFN5O2S. The average molecular weight is 563 g/mol. The van der Waals surface area contributed by atoms with E-state index in [0.717, 1.165) is 43.6 Å². The van der Waals surface area contributed by atoms with Crippen LogP contribution in [-0.2, 0) is 9.59 Å². The third-order valence-corrected chi connectivity index (χ3v) is 7.33. The highest BCUT2D eigenvalue weighted by Crippen LogP contribution is 2.28. The van der Waals surface area contributed by atoms with Crippen molar-refractivity contribution in [3.8, 4) is 0 Å². The summed E-state index contributed by atoms with van der Waals surface area (Å²) in [5.74, 6) is -0.925. The number of thiocarbonyl (C=S) groups is 1. The van der Waals surface area contributed by atoms with Crippen LogP contribution in [0.25, 0.3) is 0 Å². The predicted octanol–water partition coefficient (Wildman–Crippen LogP) is 3.56. The van der Waals surface area contributed by atoms with E-state index in [-0.39, 0.29) is 24.1 Å². The maximum atomic E-state index is 13.5. The summed E-state index contributed by atoms with van der Waals surface area (Å²) in [5.41, 5.74) is 1.16. The molecular weight excluding hydrogens is 533 g/mol. The van der Waals surface area contributed by atoms with Crippen molar-refractivity contribution in [1.82, 2.24) is 14.7 Å². The highest BCUT2D eigenvalue weighted by Gasteiger charge is 2.43. The Morgan fingerprint density at radius 3 is 2.37 bits per heavy atom. The minimum Gasteiger partial charge on any atom is -0.336 e. The molecule has 2 aliphatic rings. The summed E-state index contributed by atoms with van der Waals surface area (Å²) >= 11 is 9.07. The third kappa shape index (κ3) is 6.43. The van der Waals surface area contributed by atoms with E-state index in [1.165, 1.54) is 29.2 Å². The highest BCUT2D eigenvalue weighted by atomic mass is 79.9. The monoisotopic (exact) mass is 561 g/mol. The van der Waals surface area contributed by atoms with E-state index in [1.54, 1.807) is 12.1 Å². The number of rotatable bonds is 8. The number of anilines is 2. The zero-order valence-electron chi connectivity index (χ0n) is 19.6. The van der Waals surface area contributed by atoms with E-state index in [2.05, 4.69) is 38.1 Å². The Labute approximate surface area is 219 Å². The van der Waals surface area contributed by atoms with Gasteiger partial charge in [0.15, 0.2) is 5.11 Å². The van der Waals surface area contributed by atoms with Crippen molar-refractivity contribution in [2.24, 2.45) is 0 Å². The number of piperazine rings is 1. The van der Waals surface area contributed by atoms with Gasteiger partial charge >= 0.3 is 0 Å². The highest BCUT2D eigenvalue weighted by molar-refractivity contribution is 9.10. The van der Waals surface area contributed by atoms with Crippen molar-refractivity contribution in [1.29, 1.82) is 0 Å². The van der Waals surface area contributed by atoms with Crippen molar-refractivity contribution in [3.63, 3.8) is 0 Å². The van der Waals surface area contributed by atoms with E-state index < -0.39 is 6.04 Å². The number of amides is 2. The molecule has 2 aromatic rings. The van der Waals surface area contributed by atoms with Crippen LogP contribution in [0, 0.1) is 5.82 Å².